The van der Waals surface area contributed by atoms with Crippen molar-refractivity contribution in [2.75, 3.05) is 43.7 Å². The summed E-state index contributed by atoms with van der Waals surface area (Å²) < 4.78 is 7.66. The number of nitrogens with one attached hydrogen (secondary N) is 1. The number of hydrogen-bond acceptors (Lipinski definition) is 7. The van der Waals surface area contributed by atoms with Crippen molar-refractivity contribution in [3.05, 3.63) is 47.8 Å². The normalized spacial score (nSPS) is 18.9. The Kier molecular flexibility index (Phi) is 7.18. The fourth-order valence-electron chi connectivity index (χ4n) is 5.01. The summed E-state index contributed by atoms with van der Waals surface area (Å²) in [4.78, 5) is 25.9. The van der Waals surface area contributed by atoms with E-state index in [1.54, 1.807) is 0 Å². The molecule has 5 rings (SSSR count). The van der Waals surface area contributed by atoms with Crippen molar-refractivity contribution in [1.29, 1.82) is 0 Å². The molecule has 2 saturated heterocycles. The maximum atomic E-state index is 12.1. The molecule has 0 spiro atoms. The van der Waals surface area contributed by atoms with Crippen LogP contribution in [-0.2, 0) is 16.1 Å². The van der Waals surface area contributed by atoms with Crippen molar-refractivity contribution in [2.45, 2.75) is 52.1 Å². The van der Waals surface area contributed by atoms with Gasteiger partial charge in [0.15, 0.2) is 11.5 Å². The van der Waals surface area contributed by atoms with E-state index in [2.05, 4.69) is 53.0 Å². The number of fused-ring (bicyclic) bond motifs is 1. The molecule has 9 heteroatoms. The van der Waals surface area contributed by atoms with Crippen LogP contribution in [0.1, 0.15) is 43.7 Å². The van der Waals surface area contributed by atoms with Gasteiger partial charge in [0.2, 0.25) is 5.91 Å². The molecule has 1 aromatic carbocycles. The van der Waals surface area contributed by atoms with E-state index in [0.29, 0.717) is 32.0 Å². The minimum Gasteiger partial charge on any atom is -0.378 e. The number of likely N-dealkylation sites (tertiary alicyclic amines) is 1. The number of benzene rings is 1. The van der Waals surface area contributed by atoms with Crippen LogP contribution in [0.2, 0.25) is 0 Å². The first kappa shape index (κ1) is 24.2. The van der Waals surface area contributed by atoms with Crippen molar-refractivity contribution >= 4 is 34.3 Å². The number of anilines is 2. The summed E-state index contributed by atoms with van der Waals surface area (Å²) in [6.07, 6.45) is 5.17. The lowest BCUT2D eigenvalue weighted by Crippen LogP contribution is -2.36. The van der Waals surface area contributed by atoms with Crippen molar-refractivity contribution in [2.24, 2.45) is 5.10 Å². The lowest BCUT2D eigenvalue weighted by molar-refractivity contribution is -0.127. The van der Waals surface area contributed by atoms with Gasteiger partial charge in [-0.1, -0.05) is 43.2 Å². The topological polar surface area (TPSA) is 87.9 Å². The van der Waals surface area contributed by atoms with Gasteiger partial charge >= 0.3 is 0 Å². The van der Waals surface area contributed by atoms with Crippen LogP contribution in [0.15, 0.2) is 41.8 Å². The Balaban J connectivity index is 1.51. The molecule has 0 saturated carbocycles. The number of amides is 1. The average molecular weight is 490 g/mol. The summed E-state index contributed by atoms with van der Waals surface area (Å²) in [5.74, 6) is 0.880. The monoisotopic (exact) mass is 489 g/mol. The SMILES string of the molecule is CCC/C(=N\Nc1cc(N2CCOCC2)c2ncn(C[C@@H]3CCC(=O)N3C)c2n1)c1cccc(C)c1. The van der Waals surface area contributed by atoms with Crippen molar-refractivity contribution in [3.63, 3.8) is 0 Å². The van der Waals surface area contributed by atoms with Gasteiger partial charge in [0.05, 0.1) is 30.9 Å². The Hall–Kier alpha value is -3.46. The van der Waals surface area contributed by atoms with Crippen molar-refractivity contribution in [1.82, 2.24) is 19.4 Å². The van der Waals surface area contributed by atoms with Crippen molar-refractivity contribution in [3.8, 4) is 0 Å². The number of morpholine rings is 1. The van der Waals surface area contributed by atoms with Crippen LogP contribution in [0, 0.1) is 6.92 Å². The Morgan fingerprint density at radius 3 is 2.81 bits per heavy atom. The van der Waals surface area contributed by atoms with Gasteiger partial charge in [-0.25, -0.2) is 9.97 Å². The molecule has 1 N–H and O–H groups in total. The summed E-state index contributed by atoms with van der Waals surface area (Å²) in [6, 6.07) is 10.6. The van der Waals surface area contributed by atoms with E-state index in [4.69, 9.17) is 19.8 Å². The second kappa shape index (κ2) is 10.7. The highest BCUT2D eigenvalue weighted by Crippen LogP contribution is 2.30. The molecule has 2 aromatic heterocycles. The molecule has 2 aliphatic heterocycles. The number of ether oxygens (including phenoxy) is 1. The van der Waals surface area contributed by atoms with Gasteiger partial charge in [-0.15, -0.1) is 0 Å². The van der Waals surface area contributed by atoms with Crippen LogP contribution in [-0.4, -0.2) is 70.4 Å². The highest BCUT2D eigenvalue weighted by atomic mass is 16.5. The van der Waals surface area contributed by atoms with Crippen LogP contribution in [0.5, 0.6) is 0 Å². The number of pyridine rings is 1. The molecule has 4 heterocycles. The number of hydrazone groups is 1. The van der Waals surface area contributed by atoms with Crippen LogP contribution >= 0.6 is 0 Å². The molecule has 190 valence electrons. The zero-order valence-electron chi connectivity index (χ0n) is 21.4. The van der Waals surface area contributed by atoms with E-state index < -0.39 is 0 Å². The predicted molar refractivity (Wildman–Crippen MR) is 143 cm³/mol. The minimum absolute atomic E-state index is 0.149. The first-order chi connectivity index (χ1) is 17.5. The summed E-state index contributed by atoms with van der Waals surface area (Å²) in [5.41, 5.74) is 9.30. The van der Waals surface area contributed by atoms with Gasteiger partial charge in [-0.2, -0.15) is 5.10 Å². The Labute approximate surface area is 212 Å². The number of carbonyl (C=O) groups is 1. The van der Waals surface area contributed by atoms with E-state index >= 15 is 0 Å². The summed E-state index contributed by atoms with van der Waals surface area (Å²) in [5, 5.41) is 4.81. The molecule has 1 amide bonds. The molecule has 0 aliphatic carbocycles. The second-order valence-corrected chi connectivity index (χ2v) is 9.68. The maximum Gasteiger partial charge on any atom is 0.222 e. The summed E-state index contributed by atoms with van der Waals surface area (Å²) in [7, 11) is 1.88. The summed E-state index contributed by atoms with van der Waals surface area (Å²) >= 11 is 0. The second-order valence-electron chi connectivity index (χ2n) is 9.68. The maximum absolute atomic E-state index is 12.1. The van der Waals surface area contributed by atoms with Crippen LogP contribution < -0.4 is 10.3 Å². The molecule has 2 fully saturated rings. The molecule has 2 aliphatic rings. The smallest absolute Gasteiger partial charge is 0.222 e. The molecular formula is C27H35N7O2. The highest BCUT2D eigenvalue weighted by molar-refractivity contribution is 6.01. The third-order valence-corrected chi connectivity index (χ3v) is 7.09. The highest BCUT2D eigenvalue weighted by Gasteiger charge is 2.29. The van der Waals surface area contributed by atoms with Gasteiger partial charge in [-0.05, 0) is 25.3 Å². The summed E-state index contributed by atoms with van der Waals surface area (Å²) in [6.45, 7) is 7.92. The molecule has 0 unspecified atom stereocenters. The van der Waals surface area contributed by atoms with Gasteiger partial charge in [0, 0.05) is 45.2 Å². The lowest BCUT2D eigenvalue weighted by atomic mass is 10.0. The average Bonchev–Trinajstić information content (AvgIpc) is 3.44. The number of likely N-dealkylation sites (N-methyl/N-ethyl adjacent to an activating group) is 1. The number of rotatable bonds is 8. The minimum atomic E-state index is 0.149. The Bertz CT molecular complexity index is 1260. The first-order valence-electron chi connectivity index (χ1n) is 12.9. The Morgan fingerprint density at radius 1 is 1.25 bits per heavy atom. The van der Waals surface area contributed by atoms with E-state index in [1.807, 2.05) is 24.3 Å². The quantitative estimate of drug-likeness (QED) is 0.382. The van der Waals surface area contributed by atoms with E-state index in [0.717, 1.165) is 60.5 Å². The van der Waals surface area contributed by atoms with Crippen LogP contribution in [0.3, 0.4) is 0 Å². The Morgan fingerprint density at radius 2 is 2.08 bits per heavy atom. The standard InChI is InChI=1S/C27H35N7O2/c1-4-6-22(20-8-5-7-19(2)15-20)30-31-24-16-23(33-11-13-36-14-12-33)26-27(29-24)34(18-28-26)17-21-9-10-25(35)32(21)3/h5,7-8,15-16,18,21H,4,6,9-14,17H2,1-3H3,(H,29,31)/b30-22+/t21-/m0/s1. The van der Waals surface area contributed by atoms with E-state index in [1.165, 1.54) is 5.56 Å². The first-order valence-corrected chi connectivity index (χ1v) is 12.9. The van der Waals surface area contributed by atoms with Crippen molar-refractivity contribution < 1.29 is 9.53 Å². The predicted octanol–water partition coefficient (Wildman–Crippen LogP) is 3.81. The van der Waals surface area contributed by atoms with Gasteiger partial charge in [0.25, 0.3) is 0 Å². The molecule has 36 heavy (non-hydrogen) atoms. The fraction of sp³-hybridized carbons (Fsp3) is 0.481. The molecule has 0 bridgehead atoms. The zero-order chi connectivity index (χ0) is 25.1. The lowest BCUT2D eigenvalue weighted by Gasteiger charge is -2.29. The van der Waals surface area contributed by atoms with Crippen LogP contribution in [0.25, 0.3) is 11.2 Å². The largest absolute Gasteiger partial charge is 0.378 e. The fourth-order valence-corrected chi connectivity index (χ4v) is 5.01. The van der Waals surface area contributed by atoms with Gasteiger partial charge in [0.1, 0.15) is 5.52 Å². The van der Waals surface area contributed by atoms with Crippen LogP contribution in [0.4, 0.5) is 11.5 Å². The molecule has 1 atom stereocenters. The third kappa shape index (κ3) is 5.06. The van der Waals surface area contributed by atoms with Gasteiger partial charge in [-0.3, -0.25) is 10.2 Å². The number of imidazole rings is 1. The number of aromatic nitrogens is 3. The number of aryl methyl sites for hydroxylation is 1. The molecule has 0 radical (unpaired) electrons. The number of hydrogen-bond donors (Lipinski definition) is 1. The van der Waals surface area contributed by atoms with E-state index in [9.17, 15) is 4.79 Å². The zero-order valence-corrected chi connectivity index (χ0v) is 21.4. The molecule has 3 aromatic rings. The third-order valence-electron chi connectivity index (χ3n) is 7.09. The molecule has 9 nitrogen and oxygen atoms in total. The molecular weight excluding hydrogens is 454 g/mol. The van der Waals surface area contributed by atoms with E-state index in [-0.39, 0.29) is 11.9 Å². The number of carbonyl (C=O) groups excluding carboxylic acids is 1. The van der Waals surface area contributed by atoms with Gasteiger partial charge < -0.3 is 19.1 Å². The number of nitrogens with zero attached hydrogens (tertiary/aromatic N) is 6.